The molecule has 0 saturated carbocycles. The topological polar surface area (TPSA) is 69.0 Å². The predicted octanol–water partition coefficient (Wildman–Crippen LogP) is 2.78. The molecule has 0 unspecified atom stereocenters. The molecule has 0 bridgehead atoms. The highest BCUT2D eigenvalue weighted by atomic mass is 16.5. The summed E-state index contributed by atoms with van der Waals surface area (Å²) in [5.41, 5.74) is 3.35. The number of aryl methyl sites for hydroxylation is 1. The van der Waals surface area contributed by atoms with Crippen LogP contribution in [0.4, 0.5) is 0 Å². The lowest BCUT2D eigenvalue weighted by Gasteiger charge is -2.22. The van der Waals surface area contributed by atoms with Gasteiger partial charge in [0.1, 0.15) is 6.73 Å². The van der Waals surface area contributed by atoms with Crippen molar-refractivity contribution >= 4 is 5.91 Å². The summed E-state index contributed by atoms with van der Waals surface area (Å²) < 4.78 is 7.67. The summed E-state index contributed by atoms with van der Waals surface area (Å²) in [5.74, 6) is -0.0311. The number of fused-ring (bicyclic) bond motifs is 1. The van der Waals surface area contributed by atoms with Gasteiger partial charge in [0.2, 0.25) is 5.91 Å². The third-order valence-corrected chi connectivity index (χ3v) is 5.35. The average Bonchev–Trinajstić information content (AvgIpc) is 3.18. The molecule has 0 fully saturated rings. The Hall–Kier alpha value is -2.99. The normalized spacial score (nSPS) is 20.3. The summed E-state index contributed by atoms with van der Waals surface area (Å²) in [5, 5.41) is 11.4. The predicted molar refractivity (Wildman–Crippen MR) is 110 cm³/mol. The fourth-order valence-electron chi connectivity index (χ4n) is 3.78. The second kappa shape index (κ2) is 9.47. The molecule has 1 amide bonds. The van der Waals surface area contributed by atoms with E-state index in [0.717, 1.165) is 25.0 Å². The number of benzene rings is 2. The van der Waals surface area contributed by atoms with Crippen molar-refractivity contribution < 1.29 is 9.53 Å². The molecule has 1 N–H and O–H groups in total. The molecule has 0 radical (unpaired) electrons. The van der Waals surface area contributed by atoms with Crippen molar-refractivity contribution in [1.82, 2.24) is 20.3 Å². The molecular weight excluding hydrogens is 364 g/mol. The van der Waals surface area contributed by atoms with Gasteiger partial charge in [0.25, 0.3) is 0 Å². The number of nitrogens with zero attached hydrogens (tertiary/aromatic N) is 3. The number of amides is 1. The fourth-order valence-corrected chi connectivity index (χ4v) is 3.78. The SMILES string of the molecule is O=C1N[C@H](Cc2ccccc2)COCn2nncc2CC[C@H]1Cc1ccccc1. The molecule has 6 heteroatoms. The minimum Gasteiger partial charge on any atom is -0.357 e. The molecule has 150 valence electrons. The molecule has 3 aromatic rings. The number of rotatable bonds is 4. The van der Waals surface area contributed by atoms with Gasteiger partial charge >= 0.3 is 0 Å². The summed E-state index contributed by atoms with van der Waals surface area (Å²) in [6.07, 6.45) is 4.69. The fraction of sp³-hybridized carbons (Fsp3) is 0.348. The Morgan fingerprint density at radius 3 is 2.41 bits per heavy atom. The molecule has 1 aromatic heterocycles. The molecule has 4 rings (SSSR count). The maximum absolute atomic E-state index is 13.2. The van der Waals surface area contributed by atoms with Gasteiger partial charge in [-0.2, -0.15) is 0 Å². The van der Waals surface area contributed by atoms with Gasteiger partial charge < -0.3 is 10.1 Å². The molecule has 2 atom stereocenters. The number of carbonyl (C=O) groups excluding carboxylic acids is 1. The van der Waals surface area contributed by atoms with E-state index in [2.05, 4.69) is 39.9 Å². The molecule has 0 spiro atoms. The summed E-state index contributed by atoms with van der Waals surface area (Å²) in [6.45, 7) is 0.776. The summed E-state index contributed by atoms with van der Waals surface area (Å²) in [7, 11) is 0. The van der Waals surface area contributed by atoms with Gasteiger partial charge in [-0.3, -0.25) is 4.79 Å². The quantitative estimate of drug-likeness (QED) is 0.744. The second-order valence-electron chi connectivity index (χ2n) is 7.55. The number of carbonyl (C=O) groups is 1. The first-order chi connectivity index (χ1) is 14.3. The zero-order chi connectivity index (χ0) is 19.9. The number of hydrogen-bond acceptors (Lipinski definition) is 4. The average molecular weight is 390 g/mol. The monoisotopic (exact) mass is 390 g/mol. The Morgan fingerprint density at radius 1 is 1.00 bits per heavy atom. The Bertz CT molecular complexity index is 911. The lowest BCUT2D eigenvalue weighted by Crippen LogP contribution is -2.43. The van der Waals surface area contributed by atoms with Crippen molar-refractivity contribution in [3.63, 3.8) is 0 Å². The maximum Gasteiger partial charge on any atom is 0.223 e. The van der Waals surface area contributed by atoms with E-state index in [1.165, 1.54) is 11.1 Å². The highest BCUT2D eigenvalue weighted by Crippen LogP contribution is 2.18. The minimum absolute atomic E-state index is 0.0827. The summed E-state index contributed by atoms with van der Waals surface area (Å²) in [6, 6.07) is 20.3. The zero-order valence-corrected chi connectivity index (χ0v) is 16.4. The van der Waals surface area contributed by atoms with Crippen molar-refractivity contribution in [3.05, 3.63) is 83.7 Å². The molecular formula is C23H26N4O2. The number of ether oxygens (including phenoxy) is 1. The lowest BCUT2D eigenvalue weighted by molar-refractivity contribution is -0.126. The van der Waals surface area contributed by atoms with Gasteiger partial charge in [0.05, 0.1) is 24.5 Å². The van der Waals surface area contributed by atoms with E-state index < -0.39 is 0 Å². The number of nitrogens with one attached hydrogen (secondary N) is 1. The van der Waals surface area contributed by atoms with Crippen LogP contribution in [0, 0.1) is 5.92 Å². The van der Waals surface area contributed by atoms with Gasteiger partial charge in [-0.25, -0.2) is 4.68 Å². The van der Waals surface area contributed by atoms with Gasteiger partial charge in [0, 0.05) is 5.92 Å². The second-order valence-corrected chi connectivity index (χ2v) is 7.55. The van der Waals surface area contributed by atoms with E-state index >= 15 is 0 Å². The number of aromatic nitrogens is 3. The third kappa shape index (κ3) is 5.29. The Balaban J connectivity index is 1.54. The van der Waals surface area contributed by atoms with Crippen LogP contribution in [0.3, 0.4) is 0 Å². The van der Waals surface area contributed by atoms with Gasteiger partial charge in [0.15, 0.2) is 0 Å². The first-order valence-electron chi connectivity index (χ1n) is 10.1. The Morgan fingerprint density at radius 2 is 1.69 bits per heavy atom. The molecule has 1 aliphatic heterocycles. The van der Waals surface area contributed by atoms with Crippen LogP contribution in [-0.4, -0.2) is 33.5 Å². The molecule has 0 aliphatic carbocycles. The van der Waals surface area contributed by atoms with Gasteiger partial charge in [-0.15, -0.1) is 5.10 Å². The highest BCUT2D eigenvalue weighted by Gasteiger charge is 2.24. The maximum atomic E-state index is 13.2. The van der Waals surface area contributed by atoms with E-state index in [9.17, 15) is 4.79 Å². The van der Waals surface area contributed by atoms with E-state index in [1.807, 2.05) is 36.4 Å². The van der Waals surface area contributed by atoms with Crippen LogP contribution in [-0.2, 0) is 35.5 Å². The largest absolute Gasteiger partial charge is 0.357 e. The summed E-state index contributed by atoms with van der Waals surface area (Å²) in [4.78, 5) is 13.2. The van der Waals surface area contributed by atoms with Crippen molar-refractivity contribution in [2.24, 2.45) is 5.92 Å². The van der Waals surface area contributed by atoms with Crippen molar-refractivity contribution in [3.8, 4) is 0 Å². The van der Waals surface area contributed by atoms with Crippen LogP contribution in [0.25, 0.3) is 0 Å². The summed E-state index contributed by atoms with van der Waals surface area (Å²) >= 11 is 0. The van der Waals surface area contributed by atoms with Crippen molar-refractivity contribution in [1.29, 1.82) is 0 Å². The molecule has 2 aromatic carbocycles. The molecule has 6 nitrogen and oxygen atoms in total. The molecule has 29 heavy (non-hydrogen) atoms. The van der Waals surface area contributed by atoms with Crippen LogP contribution in [0.5, 0.6) is 0 Å². The van der Waals surface area contributed by atoms with Crippen molar-refractivity contribution in [2.45, 2.75) is 38.5 Å². The van der Waals surface area contributed by atoms with Crippen molar-refractivity contribution in [2.75, 3.05) is 6.61 Å². The Labute approximate surface area is 170 Å². The standard InChI is InChI=1S/C23H26N4O2/c28-23-20(13-18-7-3-1-4-8-18)11-12-22-15-24-26-27(22)17-29-16-21(25-23)14-19-9-5-2-6-10-19/h1-10,15,20-21H,11-14,16-17H2,(H,25,28)/t20-,21+/m0/s1. The van der Waals surface area contributed by atoms with E-state index in [4.69, 9.17) is 4.74 Å². The molecule has 0 saturated heterocycles. The van der Waals surface area contributed by atoms with Crippen LogP contribution in [0.15, 0.2) is 66.9 Å². The smallest absolute Gasteiger partial charge is 0.223 e. The third-order valence-electron chi connectivity index (χ3n) is 5.35. The molecule has 2 heterocycles. The van der Waals surface area contributed by atoms with Crippen LogP contribution in [0.2, 0.25) is 0 Å². The van der Waals surface area contributed by atoms with Crippen LogP contribution >= 0.6 is 0 Å². The zero-order valence-electron chi connectivity index (χ0n) is 16.4. The first-order valence-corrected chi connectivity index (χ1v) is 10.1. The Kier molecular flexibility index (Phi) is 6.32. The van der Waals surface area contributed by atoms with E-state index in [1.54, 1.807) is 10.9 Å². The number of hydrogen-bond donors (Lipinski definition) is 1. The lowest BCUT2D eigenvalue weighted by atomic mass is 9.92. The van der Waals surface area contributed by atoms with Gasteiger partial charge in [-0.05, 0) is 36.8 Å². The van der Waals surface area contributed by atoms with E-state index in [0.29, 0.717) is 19.8 Å². The minimum atomic E-state index is -0.114. The highest BCUT2D eigenvalue weighted by molar-refractivity contribution is 5.79. The van der Waals surface area contributed by atoms with Crippen LogP contribution in [0.1, 0.15) is 23.2 Å². The van der Waals surface area contributed by atoms with E-state index in [-0.39, 0.29) is 17.9 Å². The van der Waals surface area contributed by atoms with Gasteiger partial charge in [-0.1, -0.05) is 65.9 Å². The molecule has 1 aliphatic rings. The first kappa shape index (κ1) is 19.3. The van der Waals surface area contributed by atoms with Crippen LogP contribution < -0.4 is 5.32 Å².